The van der Waals surface area contributed by atoms with Gasteiger partial charge in [0.05, 0.1) is 11.4 Å². The molecule has 108 valence electrons. The molecular weight excluding hydrogens is 292 g/mol. The van der Waals surface area contributed by atoms with Crippen molar-refractivity contribution in [1.29, 1.82) is 0 Å². The zero-order valence-electron chi connectivity index (χ0n) is 10.4. The molecule has 0 aliphatic heterocycles. The molecule has 0 radical (unpaired) electrons. The largest absolute Gasteiger partial charge is 0.378 e. The molecule has 1 aromatic carbocycles. The molecule has 9 heteroatoms. The fraction of sp³-hybridized carbons (Fsp3) is 0.273. The first-order chi connectivity index (χ1) is 9.39. The first kappa shape index (κ1) is 14.4. The van der Waals surface area contributed by atoms with Crippen LogP contribution in [0, 0.1) is 6.92 Å². The summed E-state index contributed by atoms with van der Waals surface area (Å²) in [6.45, 7) is 1.93. The van der Waals surface area contributed by atoms with Gasteiger partial charge in [-0.1, -0.05) is 5.16 Å². The van der Waals surface area contributed by atoms with Crippen LogP contribution < -0.4 is 5.32 Å². The van der Waals surface area contributed by atoms with Gasteiger partial charge < -0.3 is 9.84 Å². The number of benzene rings is 1. The predicted molar refractivity (Wildman–Crippen MR) is 66.0 cm³/mol. The number of hydrogen-bond acceptors (Lipinski definition) is 6. The second-order valence-corrected chi connectivity index (χ2v) is 5.83. The van der Waals surface area contributed by atoms with Gasteiger partial charge in [-0.3, -0.25) is 0 Å². The SMILES string of the molecule is Cc1nc(CNc2ccc(S(=O)(=O)C(F)F)cc2)no1. The second-order valence-electron chi connectivity index (χ2n) is 3.91. The predicted octanol–water partition coefficient (Wildman–Crippen LogP) is 1.99. The van der Waals surface area contributed by atoms with E-state index < -0.39 is 20.5 Å². The van der Waals surface area contributed by atoms with Gasteiger partial charge in [-0.15, -0.1) is 0 Å². The standard InChI is InChI=1S/C11H11F2N3O3S/c1-7-15-10(16-19-7)6-14-8-2-4-9(5-3-8)20(17,18)11(12)13/h2-5,11,14H,6H2,1H3. The Kier molecular flexibility index (Phi) is 3.98. The molecule has 0 fully saturated rings. The molecule has 0 saturated carbocycles. The Hall–Kier alpha value is -2.03. The third-order valence-corrected chi connectivity index (χ3v) is 3.84. The van der Waals surface area contributed by atoms with Crippen molar-refractivity contribution in [2.24, 2.45) is 0 Å². The molecule has 2 rings (SSSR count). The van der Waals surface area contributed by atoms with E-state index in [1.807, 2.05) is 0 Å². The van der Waals surface area contributed by atoms with Gasteiger partial charge in [0.15, 0.2) is 5.82 Å². The summed E-state index contributed by atoms with van der Waals surface area (Å²) in [5, 5.41) is 6.58. The van der Waals surface area contributed by atoms with Crippen molar-refractivity contribution >= 4 is 15.5 Å². The van der Waals surface area contributed by atoms with Crippen molar-refractivity contribution in [1.82, 2.24) is 10.1 Å². The van der Waals surface area contributed by atoms with Gasteiger partial charge in [0.2, 0.25) is 15.7 Å². The molecule has 0 atom stereocenters. The van der Waals surface area contributed by atoms with Crippen LogP contribution in [0.15, 0.2) is 33.7 Å². The van der Waals surface area contributed by atoms with Crippen LogP contribution in [0.1, 0.15) is 11.7 Å². The monoisotopic (exact) mass is 303 g/mol. The lowest BCUT2D eigenvalue weighted by Gasteiger charge is -2.06. The van der Waals surface area contributed by atoms with Gasteiger partial charge in [0.25, 0.3) is 0 Å². The van der Waals surface area contributed by atoms with E-state index in [1.165, 1.54) is 12.1 Å². The summed E-state index contributed by atoms with van der Waals surface area (Å²) in [5.41, 5.74) is 0.556. The molecule has 1 heterocycles. The van der Waals surface area contributed by atoms with E-state index in [0.717, 1.165) is 12.1 Å². The zero-order chi connectivity index (χ0) is 14.8. The van der Waals surface area contributed by atoms with Crippen molar-refractivity contribution < 1.29 is 21.7 Å². The number of rotatable bonds is 5. The van der Waals surface area contributed by atoms with Gasteiger partial charge in [-0.05, 0) is 24.3 Å². The van der Waals surface area contributed by atoms with Crippen LogP contribution in [-0.2, 0) is 16.4 Å². The van der Waals surface area contributed by atoms with Crippen LogP contribution in [0.25, 0.3) is 0 Å². The van der Waals surface area contributed by atoms with E-state index in [0.29, 0.717) is 17.4 Å². The number of aromatic nitrogens is 2. The van der Waals surface area contributed by atoms with Crippen LogP contribution in [0.2, 0.25) is 0 Å². The van der Waals surface area contributed by atoms with E-state index in [9.17, 15) is 17.2 Å². The smallest absolute Gasteiger partial charge is 0.341 e. The Morgan fingerprint density at radius 3 is 2.45 bits per heavy atom. The quantitative estimate of drug-likeness (QED) is 0.909. The van der Waals surface area contributed by atoms with E-state index in [-0.39, 0.29) is 6.54 Å². The summed E-state index contributed by atoms with van der Waals surface area (Å²) in [6.07, 6.45) is 0. The number of nitrogens with zero attached hydrogens (tertiary/aromatic N) is 2. The van der Waals surface area contributed by atoms with E-state index in [1.54, 1.807) is 6.92 Å². The van der Waals surface area contributed by atoms with Crippen LogP contribution >= 0.6 is 0 Å². The minimum Gasteiger partial charge on any atom is -0.378 e. The topological polar surface area (TPSA) is 85.1 Å². The maximum Gasteiger partial charge on any atom is 0.341 e. The van der Waals surface area contributed by atoms with Crippen LogP contribution in [0.5, 0.6) is 0 Å². The van der Waals surface area contributed by atoms with Gasteiger partial charge >= 0.3 is 5.76 Å². The highest BCUT2D eigenvalue weighted by Gasteiger charge is 2.26. The summed E-state index contributed by atoms with van der Waals surface area (Å²) in [5.74, 6) is -2.56. The Morgan fingerprint density at radius 1 is 1.30 bits per heavy atom. The molecule has 0 aliphatic rings. The Morgan fingerprint density at radius 2 is 1.95 bits per heavy atom. The van der Waals surface area contributed by atoms with Crippen LogP contribution in [0.4, 0.5) is 14.5 Å². The molecule has 20 heavy (non-hydrogen) atoms. The van der Waals surface area contributed by atoms with E-state index in [2.05, 4.69) is 15.5 Å². The van der Waals surface area contributed by atoms with Crippen LogP contribution in [0.3, 0.4) is 0 Å². The van der Waals surface area contributed by atoms with Gasteiger partial charge in [0.1, 0.15) is 0 Å². The fourth-order valence-corrected chi connectivity index (χ4v) is 2.18. The molecule has 1 aromatic heterocycles. The van der Waals surface area contributed by atoms with Crippen molar-refractivity contribution in [3.8, 4) is 0 Å². The molecular formula is C11H11F2N3O3S. The third kappa shape index (κ3) is 3.10. The minimum atomic E-state index is -4.56. The lowest BCUT2D eigenvalue weighted by atomic mass is 10.3. The number of nitrogens with one attached hydrogen (secondary N) is 1. The lowest BCUT2D eigenvalue weighted by Crippen LogP contribution is -2.11. The molecule has 0 unspecified atom stereocenters. The first-order valence-corrected chi connectivity index (χ1v) is 7.09. The summed E-state index contributed by atoms with van der Waals surface area (Å²) < 4.78 is 51.9. The summed E-state index contributed by atoms with van der Waals surface area (Å²) >= 11 is 0. The number of anilines is 1. The highest BCUT2D eigenvalue weighted by molar-refractivity contribution is 7.91. The van der Waals surface area contributed by atoms with Crippen LogP contribution in [-0.4, -0.2) is 24.3 Å². The third-order valence-electron chi connectivity index (χ3n) is 2.44. The highest BCUT2D eigenvalue weighted by Crippen LogP contribution is 2.20. The number of sulfone groups is 1. The van der Waals surface area contributed by atoms with E-state index >= 15 is 0 Å². The molecule has 0 amide bonds. The number of aryl methyl sites for hydroxylation is 1. The highest BCUT2D eigenvalue weighted by atomic mass is 32.2. The molecule has 1 N–H and O–H groups in total. The summed E-state index contributed by atoms with van der Waals surface area (Å²) in [4.78, 5) is 3.55. The Labute approximate surface area is 113 Å². The van der Waals surface area contributed by atoms with Gasteiger partial charge in [0, 0.05) is 12.6 Å². The number of hydrogen-bond donors (Lipinski definition) is 1. The average Bonchev–Trinajstić information content (AvgIpc) is 2.82. The Balaban J connectivity index is 2.05. The van der Waals surface area contributed by atoms with Crippen molar-refractivity contribution in [3.63, 3.8) is 0 Å². The minimum absolute atomic E-state index is 0.276. The van der Waals surface area contributed by atoms with E-state index in [4.69, 9.17) is 4.52 Å². The number of alkyl halides is 2. The molecule has 0 bridgehead atoms. The maximum atomic E-state index is 12.3. The lowest BCUT2D eigenvalue weighted by molar-refractivity contribution is 0.234. The summed E-state index contributed by atoms with van der Waals surface area (Å²) in [6, 6.07) is 5.01. The fourth-order valence-electron chi connectivity index (χ4n) is 1.46. The zero-order valence-corrected chi connectivity index (χ0v) is 11.2. The average molecular weight is 303 g/mol. The van der Waals surface area contributed by atoms with Gasteiger partial charge in [-0.2, -0.15) is 13.8 Å². The molecule has 6 nitrogen and oxygen atoms in total. The maximum absolute atomic E-state index is 12.3. The first-order valence-electron chi connectivity index (χ1n) is 5.55. The second kappa shape index (κ2) is 5.53. The van der Waals surface area contributed by atoms with Gasteiger partial charge in [-0.25, -0.2) is 8.42 Å². The molecule has 0 spiro atoms. The molecule has 0 aliphatic carbocycles. The normalized spacial score (nSPS) is 11.8. The molecule has 0 saturated heterocycles. The van der Waals surface area contributed by atoms with Crippen molar-refractivity contribution in [3.05, 3.63) is 36.0 Å². The number of halogens is 2. The van der Waals surface area contributed by atoms with Crippen molar-refractivity contribution in [2.75, 3.05) is 5.32 Å². The summed E-state index contributed by atoms with van der Waals surface area (Å²) in [7, 11) is -4.56. The molecule has 2 aromatic rings. The van der Waals surface area contributed by atoms with Crippen molar-refractivity contribution in [2.45, 2.75) is 24.1 Å². The Bertz CT molecular complexity index is 683.